The van der Waals surface area contributed by atoms with Crippen molar-refractivity contribution in [3.8, 4) is 6.07 Å². The van der Waals surface area contributed by atoms with Crippen LogP contribution in [-0.2, 0) is 0 Å². The van der Waals surface area contributed by atoms with Crippen LogP contribution < -0.4 is 0 Å². The Labute approximate surface area is 85.4 Å². The van der Waals surface area contributed by atoms with E-state index in [-0.39, 0.29) is 5.92 Å². The average molecular weight is 185 g/mol. The van der Waals surface area contributed by atoms with E-state index in [1.165, 1.54) is 29.5 Å². The van der Waals surface area contributed by atoms with E-state index in [0.29, 0.717) is 5.92 Å². The van der Waals surface area contributed by atoms with Crippen LogP contribution in [0.15, 0.2) is 18.2 Å². The summed E-state index contributed by atoms with van der Waals surface area (Å²) in [7, 11) is 0. The standard InChI is InChI=1S/C13H15N/c1-9-3-6-12(10(2)7-9)13(8-14)11-4-5-11/h3,6-7,11,13H,4-5H2,1-2H3. The molecule has 0 spiro atoms. The number of hydrogen-bond donors (Lipinski definition) is 0. The normalized spacial score (nSPS) is 17.5. The van der Waals surface area contributed by atoms with Crippen molar-refractivity contribution in [2.45, 2.75) is 32.6 Å². The molecular weight excluding hydrogens is 170 g/mol. The maximum absolute atomic E-state index is 9.13. The highest BCUT2D eigenvalue weighted by Gasteiger charge is 2.32. The van der Waals surface area contributed by atoms with Gasteiger partial charge in [-0.25, -0.2) is 0 Å². The minimum absolute atomic E-state index is 0.135. The van der Waals surface area contributed by atoms with Crippen molar-refractivity contribution in [1.29, 1.82) is 5.26 Å². The lowest BCUT2D eigenvalue weighted by Crippen LogP contribution is -2.00. The van der Waals surface area contributed by atoms with Gasteiger partial charge in [-0.15, -0.1) is 0 Å². The number of hydrogen-bond acceptors (Lipinski definition) is 1. The van der Waals surface area contributed by atoms with Gasteiger partial charge in [-0.1, -0.05) is 23.8 Å². The van der Waals surface area contributed by atoms with E-state index in [0.717, 1.165) is 0 Å². The first-order chi connectivity index (χ1) is 6.72. The van der Waals surface area contributed by atoms with Crippen molar-refractivity contribution in [2.75, 3.05) is 0 Å². The summed E-state index contributed by atoms with van der Waals surface area (Å²) in [4.78, 5) is 0. The molecule has 0 saturated heterocycles. The monoisotopic (exact) mass is 185 g/mol. The third-order valence-electron chi connectivity index (χ3n) is 2.99. The molecule has 14 heavy (non-hydrogen) atoms. The van der Waals surface area contributed by atoms with Crippen molar-refractivity contribution in [1.82, 2.24) is 0 Å². The lowest BCUT2D eigenvalue weighted by Gasteiger charge is -2.11. The van der Waals surface area contributed by atoms with Crippen LogP contribution in [0, 0.1) is 31.1 Å². The van der Waals surface area contributed by atoms with Gasteiger partial charge < -0.3 is 0 Å². The summed E-state index contributed by atoms with van der Waals surface area (Å²) in [5.74, 6) is 0.761. The predicted octanol–water partition coefficient (Wildman–Crippen LogP) is 3.32. The van der Waals surface area contributed by atoms with Crippen molar-refractivity contribution in [2.24, 2.45) is 5.92 Å². The van der Waals surface area contributed by atoms with E-state index in [1.54, 1.807) is 0 Å². The Morgan fingerprint density at radius 3 is 2.57 bits per heavy atom. The fraction of sp³-hybridized carbons (Fsp3) is 0.462. The molecule has 1 fully saturated rings. The molecule has 1 saturated carbocycles. The Morgan fingerprint density at radius 1 is 1.36 bits per heavy atom. The first-order valence-electron chi connectivity index (χ1n) is 5.19. The van der Waals surface area contributed by atoms with Crippen LogP contribution in [0.4, 0.5) is 0 Å². The maximum Gasteiger partial charge on any atom is 0.0743 e. The molecule has 72 valence electrons. The van der Waals surface area contributed by atoms with E-state index in [1.807, 2.05) is 0 Å². The van der Waals surface area contributed by atoms with Crippen LogP contribution in [0.25, 0.3) is 0 Å². The molecule has 1 aromatic rings. The van der Waals surface area contributed by atoms with Crippen molar-refractivity contribution < 1.29 is 0 Å². The summed E-state index contributed by atoms with van der Waals surface area (Å²) in [6, 6.07) is 8.84. The van der Waals surface area contributed by atoms with E-state index in [2.05, 4.69) is 38.1 Å². The molecule has 0 aromatic heterocycles. The van der Waals surface area contributed by atoms with Crippen molar-refractivity contribution in [3.63, 3.8) is 0 Å². The molecule has 1 unspecified atom stereocenters. The highest BCUT2D eigenvalue weighted by atomic mass is 14.4. The van der Waals surface area contributed by atoms with Gasteiger partial charge in [0.05, 0.1) is 12.0 Å². The van der Waals surface area contributed by atoms with Gasteiger partial charge in [0.2, 0.25) is 0 Å². The van der Waals surface area contributed by atoms with Crippen LogP contribution in [0.3, 0.4) is 0 Å². The molecule has 1 aliphatic carbocycles. The summed E-state index contributed by atoms with van der Waals surface area (Å²) >= 11 is 0. The molecule has 0 N–H and O–H groups in total. The summed E-state index contributed by atoms with van der Waals surface area (Å²) in [5.41, 5.74) is 3.78. The maximum atomic E-state index is 9.13. The topological polar surface area (TPSA) is 23.8 Å². The molecule has 0 heterocycles. The van der Waals surface area contributed by atoms with Gasteiger partial charge in [-0.2, -0.15) is 5.26 Å². The van der Waals surface area contributed by atoms with Gasteiger partial charge in [0, 0.05) is 0 Å². The second-order valence-electron chi connectivity index (χ2n) is 4.30. The zero-order chi connectivity index (χ0) is 10.1. The van der Waals surface area contributed by atoms with Gasteiger partial charge in [0.25, 0.3) is 0 Å². The van der Waals surface area contributed by atoms with Crippen LogP contribution in [0.1, 0.15) is 35.4 Å². The lowest BCUT2D eigenvalue weighted by atomic mass is 9.91. The van der Waals surface area contributed by atoms with Gasteiger partial charge in [-0.3, -0.25) is 0 Å². The number of nitrogens with zero attached hydrogens (tertiary/aromatic N) is 1. The first kappa shape index (κ1) is 9.27. The van der Waals surface area contributed by atoms with Crippen molar-refractivity contribution >= 4 is 0 Å². The number of nitriles is 1. The first-order valence-corrected chi connectivity index (χ1v) is 5.19. The second kappa shape index (κ2) is 3.46. The highest BCUT2D eigenvalue weighted by molar-refractivity contribution is 5.37. The Hall–Kier alpha value is -1.29. The Kier molecular flexibility index (Phi) is 2.29. The molecule has 1 aromatic carbocycles. The van der Waals surface area contributed by atoms with Crippen molar-refractivity contribution in [3.05, 3.63) is 34.9 Å². The molecule has 2 rings (SSSR count). The summed E-state index contributed by atoms with van der Waals surface area (Å²) < 4.78 is 0. The van der Waals surface area contributed by atoms with Gasteiger partial charge in [0.15, 0.2) is 0 Å². The van der Waals surface area contributed by atoms with Gasteiger partial charge in [-0.05, 0) is 43.7 Å². The van der Waals surface area contributed by atoms with Crippen LogP contribution in [0.5, 0.6) is 0 Å². The number of rotatable bonds is 2. The van der Waals surface area contributed by atoms with Crippen LogP contribution in [0.2, 0.25) is 0 Å². The molecule has 0 bridgehead atoms. The van der Waals surface area contributed by atoms with E-state index in [9.17, 15) is 0 Å². The highest BCUT2D eigenvalue weighted by Crippen LogP contribution is 2.43. The second-order valence-corrected chi connectivity index (χ2v) is 4.30. The van der Waals surface area contributed by atoms with E-state index < -0.39 is 0 Å². The zero-order valence-corrected chi connectivity index (χ0v) is 8.75. The molecule has 1 atom stereocenters. The fourth-order valence-corrected chi connectivity index (χ4v) is 2.03. The third kappa shape index (κ3) is 1.65. The Morgan fingerprint density at radius 2 is 2.07 bits per heavy atom. The van der Waals surface area contributed by atoms with Crippen LogP contribution >= 0.6 is 0 Å². The van der Waals surface area contributed by atoms with E-state index >= 15 is 0 Å². The molecule has 1 aliphatic rings. The number of aryl methyl sites for hydroxylation is 2. The minimum Gasteiger partial charge on any atom is -0.198 e. The SMILES string of the molecule is Cc1ccc(C(C#N)C2CC2)c(C)c1. The lowest BCUT2D eigenvalue weighted by molar-refractivity contribution is 0.735. The Balaban J connectivity index is 2.35. The Bertz CT molecular complexity index is 383. The fourth-order valence-electron chi connectivity index (χ4n) is 2.03. The average Bonchev–Trinajstić information content (AvgIpc) is 2.93. The number of benzene rings is 1. The zero-order valence-electron chi connectivity index (χ0n) is 8.75. The minimum atomic E-state index is 0.135. The molecule has 1 nitrogen and oxygen atoms in total. The largest absolute Gasteiger partial charge is 0.198 e. The quantitative estimate of drug-likeness (QED) is 0.693. The molecule has 0 aliphatic heterocycles. The third-order valence-corrected chi connectivity index (χ3v) is 2.99. The molecule has 0 amide bonds. The summed E-state index contributed by atoms with van der Waals surface area (Å²) in [6.45, 7) is 4.20. The van der Waals surface area contributed by atoms with Gasteiger partial charge >= 0.3 is 0 Å². The molecule has 1 heteroatoms. The van der Waals surface area contributed by atoms with E-state index in [4.69, 9.17) is 5.26 Å². The molecule has 0 radical (unpaired) electrons. The smallest absolute Gasteiger partial charge is 0.0743 e. The summed E-state index contributed by atoms with van der Waals surface area (Å²) in [5, 5.41) is 9.13. The predicted molar refractivity (Wildman–Crippen MR) is 57.0 cm³/mol. The van der Waals surface area contributed by atoms with Crippen LogP contribution in [-0.4, -0.2) is 0 Å². The van der Waals surface area contributed by atoms with Gasteiger partial charge in [0.1, 0.15) is 0 Å². The summed E-state index contributed by atoms with van der Waals surface area (Å²) in [6.07, 6.45) is 2.46. The molecular formula is C13H15N.